The molecule has 110 valence electrons. The molecule has 1 aromatic heterocycles. The van der Waals surface area contributed by atoms with Crippen LogP contribution in [0.5, 0.6) is 0 Å². The topological polar surface area (TPSA) is 81.2 Å². The quantitative estimate of drug-likeness (QED) is 0.646. The third kappa shape index (κ3) is 2.77. The van der Waals surface area contributed by atoms with Gasteiger partial charge in [0.1, 0.15) is 0 Å². The standard InChI is InChI=1S/C10H18N2O6S/c1-13-9(14-2,15-3)7-11-12-8(19-7)10(16-4,17-5)18-6/h1-6H3. The summed E-state index contributed by atoms with van der Waals surface area (Å²) >= 11 is 1.12. The summed E-state index contributed by atoms with van der Waals surface area (Å²) in [5, 5.41) is 8.63. The highest BCUT2D eigenvalue weighted by Crippen LogP contribution is 2.35. The van der Waals surface area contributed by atoms with Gasteiger partial charge in [0.25, 0.3) is 0 Å². The Morgan fingerprint density at radius 2 is 0.895 bits per heavy atom. The summed E-state index contributed by atoms with van der Waals surface area (Å²) in [6.07, 6.45) is 0. The Hall–Kier alpha value is -0.680. The Kier molecular flexibility index (Phi) is 5.74. The van der Waals surface area contributed by atoms with Crippen molar-refractivity contribution in [2.75, 3.05) is 42.7 Å². The van der Waals surface area contributed by atoms with E-state index in [-0.39, 0.29) is 0 Å². The van der Waals surface area contributed by atoms with Crippen molar-refractivity contribution in [2.45, 2.75) is 11.9 Å². The van der Waals surface area contributed by atoms with Gasteiger partial charge in [-0.15, -0.1) is 10.2 Å². The van der Waals surface area contributed by atoms with Crippen LogP contribution in [0.25, 0.3) is 0 Å². The van der Waals surface area contributed by atoms with Crippen molar-refractivity contribution in [3.63, 3.8) is 0 Å². The first-order valence-electron chi connectivity index (χ1n) is 5.23. The zero-order valence-corrected chi connectivity index (χ0v) is 12.6. The van der Waals surface area contributed by atoms with Crippen molar-refractivity contribution in [3.8, 4) is 0 Å². The normalized spacial score (nSPS) is 12.9. The van der Waals surface area contributed by atoms with Crippen LogP contribution < -0.4 is 0 Å². The highest BCUT2D eigenvalue weighted by atomic mass is 32.1. The SMILES string of the molecule is COC(OC)(OC)c1nnc(C(OC)(OC)OC)s1. The van der Waals surface area contributed by atoms with Crippen LogP contribution in [-0.2, 0) is 40.4 Å². The third-order valence-corrected chi connectivity index (χ3v) is 3.61. The maximum absolute atomic E-state index is 5.19. The summed E-state index contributed by atoms with van der Waals surface area (Å²) in [7, 11) is 8.61. The molecule has 0 bridgehead atoms. The average molecular weight is 294 g/mol. The molecule has 19 heavy (non-hydrogen) atoms. The van der Waals surface area contributed by atoms with Gasteiger partial charge in [0.05, 0.1) is 0 Å². The van der Waals surface area contributed by atoms with E-state index in [2.05, 4.69) is 10.2 Å². The van der Waals surface area contributed by atoms with Crippen molar-refractivity contribution in [1.29, 1.82) is 0 Å². The summed E-state index contributed by atoms with van der Waals surface area (Å²) in [4.78, 5) is 0. The molecule has 0 aliphatic carbocycles. The molecule has 1 aromatic rings. The molecule has 0 unspecified atom stereocenters. The number of aromatic nitrogens is 2. The molecule has 9 heteroatoms. The zero-order valence-electron chi connectivity index (χ0n) is 11.8. The van der Waals surface area contributed by atoms with Gasteiger partial charge < -0.3 is 28.4 Å². The van der Waals surface area contributed by atoms with Crippen molar-refractivity contribution in [2.24, 2.45) is 0 Å². The van der Waals surface area contributed by atoms with E-state index in [0.29, 0.717) is 10.0 Å². The highest BCUT2D eigenvalue weighted by molar-refractivity contribution is 7.11. The summed E-state index contributed by atoms with van der Waals surface area (Å²) in [5.74, 6) is -2.84. The molecular weight excluding hydrogens is 276 g/mol. The summed E-state index contributed by atoms with van der Waals surface area (Å²) in [6, 6.07) is 0. The lowest BCUT2D eigenvalue weighted by Crippen LogP contribution is -2.33. The van der Waals surface area contributed by atoms with Crippen LogP contribution in [0.1, 0.15) is 10.0 Å². The van der Waals surface area contributed by atoms with Gasteiger partial charge in [0.15, 0.2) is 0 Å². The molecule has 0 saturated heterocycles. The number of ether oxygens (including phenoxy) is 6. The molecule has 0 saturated carbocycles. The van der Waals surface area contributed by atoms with E-state index in [1.54, 1.807) is 0 Å². The Morgan fingerprint density at radius 1 is 0.632 bits per heavy atom. The van der Waals surface area contributed by atoms with E-state index < -0.39 is 11.9 Å². The largest absolute Gasteiger partial charge is 0.341 e. The van der Waals surface area contributed by atoms with Gasteiger partial charge in [-0.3, -0.25) is 0 Å². The van der Waals surface area contributed by atoms with Crippen molar-refractivity contribution >= 4 is 11.3 Å². The fourth-order valence-corrected chi connectivity index (χ4v) is 2.59. The van der Waals surface area contributed by atoms with E-state index in [0.717, 1.165) is 11.3 Å². The number of methoxy groups -OCH3 is 6. The van der Waals surface area contributed by atoms with Crippen LogP contribution >= 0.6 is 11.3 Å². The van der Waals surface area contributed by atoms with Crippen LogP contribution in [0.15, 0.2) is 0 Å². The van der Waals surface area contributed by atoms with Gasteiger partial charge >= 0.3 is 11.9 Å². The smallest absolute Gasteiger partial charge is 0.325 e. The summed E-state index contributed by atoms with van der Waals surface area (Å²) in [6.45, 7) is 0. The molecule has 0 aliphatic heterocycles. The minimum absolute atomic E-state index is 0.352. The number of nitrogens with zero attached hydrogens (tertiary/aromatic N) is 2. The van der Waals surface area contributed by atoms with Gasteiger partial charge in [-0.05, 0) is 0 Å². The number of hydrogen-bond donors (Lipinski definition) is 0. The molecule has 0 amide bonds. The Bertz CT molecular complexity index is 340. The van der Waals surface area contributed by atoms with E-state index in [9.17, 15) is 0 Å². The summed E-state index contributed by atoms with van der Waals surface area (Å²) in [5.41, 5.74) is 0. The Balaban J connectivity index is 3.18. The Labute approximate surface area is 115 Å². The lowest BCUT2D eigenvalue weighted by Gasteiger charge is -2.26. The molecule has 8 nitrogen and oxygen atoms in total. The van der Waals surface area contributed by atoms with E-state index >= 15 is 0 Å². The predicted molar refractivity (Wildman–Crippen MR) is 65.3 cm³/mol. The van der Waals surface area contributed by atoms with E-state index in [1.807, 2.05) is 0 Å². The maximum Gasteiger partial charge on any atom is 0.341 e. The van der Waals surface area contributed by atoms with Crippen LogP contribution in [0.3, 0.4) is 0 Å². The molecule has 0 radical (unpaired) electrons. The number of rotatable bonds is 8. The Morgan fingerprint density at radius 3 is 1.11 bits per heavy atom. The number of hydrogen-bond acceptors (Lipinski definition) is 9. The third-order valence-electron chi connectivity index (χ3n) is 2.56. The second-order valence-electron chi connectivity index (χ2n) is 3.25. The second kappa shape index (κ2) is 6.66. The fourth-order valence-electron chi connectivity index (χ4n) is 1.49. The predicted octanol–water partition coefficient (Wildman–Crippen LogP) is 0.637. The lowest BCUT2D eigenvalue weighted by molar-refractivity contribution is -0.364. The fraction of sp³-hybridized carbons (Fsp3) is 0.800. The van der Waals surface area contributed by atoms with Gasteiger partial charge in [-0.25, -0.2) is 0 Å². The minimum atomic E-state index is -1.42. The van der Waals surface area contributed by atoms with Crippen LogP contribution in [0, 0.1) is 0 Å². The van der Waals surface area contributed by atoms with Gasteiger partial charge in [-0.1, -0.05) is 11.3 Å². The van der Waals surface area contributed by atoms with Crippen molar-refractivity contribution in [1.82, 2.24) is 10.2 Å². The molecular formula is C10H18N2O6S. The first kappa shape index (κ1) is 16.4. The van der Waals surface area contributed by atoms with E-state index in [4.69, 9.17) is 28.4 Å². The van der Waals surface area contributed by atoms with Crippen molar-refractivity contribution in [3.05, 3.63) is 10.0 Å². The average Bonchev–Trinajstić information content (AvgIpc) is 2.95. The maximum atomic E-state index is 5.19. The van der Waals surface area contributed by atoms with Crippen molar-refractivity contribution < 1.29 is 28.4 Å². The first-order chi connectivity index (χ1) is 9.07. The van der Waals surface area contributed by atoms with Gasteiger partial charge in [0.2, 0.25) is 10.0 Å². The molecule has 0 aromatic carbocycles. The molecule has 0 atom stereocenters. The van der Waals surface area contributed by atoms with Crippen LogP contribution in [0.4, 0.5) is 0 Å². The monoisotopic (exact) mass is 294 g/mol. The zero-order chi connectivity index (χ0) is 14.5. The molecule has 0 N–H and O–H groups in total. The molecule has 1 rings (SSSR count). The minimum Gasteiger partial charge on any atom is -0.325 e. The highest BCUT2D eigenvalue weighted by Gasteiger charge is 2.42. The summed E-state index contributed by atoms with van der Waals surface area (Å²) < 4.78 is 31.1. The first-order valence-corrected chi connectivity index (χ1v) is 6.05. The lowest BCUT2D eigenvalue weighted by atomic mass is 10.6. The van der Waals surface area contributed by atoms with Gasteiger partial charge in [-0.2, -0.15) is 0 Å². The molecule has 0 fully saturated rings. The molecule has 0 aliphatic rings. The molecule has 1 heterocycles. The van der Waals surface area contributed by atoms with Crippen LogP contribution in [-0.4, -0.2) is 52.9 Å². The molecule has 0 spiro atoms. The van der Waals surface area contributed by atoms with E-state index in [1.165, 1.54) is 42.7 Å². The van der Waals surface area contributed by atoms with Gasteiger partial charge in [0, 0.05) is 42.7 Å². The van der Waals surface area contributed by atoms with Crippen LogP contribution in [0.2, 0.25) is 0 Å². The second-order valence-corrected chi connectivity index (χ2v) is 4.23.